The van der Waals surface area contributed by atoms with E-state index in [0.29, 0.717) is 11.7 Å². The Bertz CT molecular complexity index is 768. The van der Waals surface area contributed by atoms with Gasteiger partial charge in [0, 0.05) is 18.5 Å². The van der Waals surface area contributed by atoms with Crippen molar-refractivity contribution >= 4 is 0 Å². The molecule has 3 atom stereocenters. The fourth-order valence-electron chi connectivity index (χ4n) is 5.54. The highest BCUT2D eigenvalue weighted by atomic mass is 16.3. The lowest BCUT2D eigenvalue weighted by atomic mass is 9.57. The summed E-state index contributed by atoms with van der Waals surface area (Å²) in [6.07, 6.45) is 6.30. The minimum atomic E-state index is 0.261. The topological polar surface area (TPSA) is 23.5 Å². The Kier molecular flexibility index (Phi) is 5.27. The standard InChI is InChI=1S/C25H33NO/c1-19-6-9-21(10-7-19)12-14-26-15-13-25(22-4-3-5-24(27)16-22)17-20(2)8-11-23(25)18-26/h3-7,9-10,16,20,23,27H,8,11-15,17-18H2,1-2H3/t20-,23-,25?/m0/s1. The van der Waals surface area contributed by atoms with E-state index in [1.54, 1.807) is 6.07 Å². The zero-order valence-corrected chi connectivity index (χ0v) is 16.8. The summed E-state index contributed by atoms with van der Waals surface area (Å²) in [5, 5.41) is 10.1. The van der Waals surface area contributed by atoms with Gasteiger partial charge in [0.15, 0.2) is 0 Å². The Morgan fingerprint density at radius 1 is 1.11 bits per heavy atom. The van der Waals surface area contributed by atoms with Crippen molar-refractivity contribution in [2.45, 2.75) is 51.4 Å². The number of likely N-dealkylation sites (tertiary alicyclic amines) is 1. The van der Waals surface area contributed by atoms with E-state index in [0.717, 1.165) is 18.9 Å². The first kappa shape index (κ1) is 18.6. The maximum Gasteiger partial charge on any atom is 0.115 e. The summed E-state index contributed by atoms with van der Waals surface area (Å²) in [4.78, 5) is 2.68. The van der Waals surface area contributed by atoms with Gasteiger partial charge in [-0.25, -0.2) is 0 Å². The predicted octanol–water partition coefficient (Wildman–Crippen LogP) is 5.32. The van der Waals surface area contributed by atoms with E-state index in [-0.39, 0.29) is 5.41 Å². The van der Waals surface area contributed by atoms with Crippen LogP contribution >= 0.6 is 0 Å². The summed E-state index contributed by atoms with van der Waals surface area (Å²) >= 11 is 0. The molecular formula is C25H33NO. The fraction of sp³-hybridized carbons (Fsp3) is 0.520. The molecule has 0 amide bonds. The summed E-state index contributed by atoms with van der Waals surface area (Å²) in [6, 6.07) is 17.1. The number of benzene rings is 2. The zero-order chi connectivity index (χ0) is 18.9. The van der Waals surface area contributed by atoms with Gasteiger partial charge in [-0.15, -0.1) is 0 Å². The van der Waals surface area contributed by atoms with Gasteiger partial charge in [0.25, 0.3) is 0 Å². The third-order valence-corrected chi connectivity index (χ3v) is 7.11. The lowest BCUT2D eigenvalue weighted by Gasteiger charge is -2.53. The van der Waals surface area contributed by atoms with E-state index < -0.39 is 0 Å². The first-order chi connectivity index (χ1) is 13.0. The lowest BCUT2D eigenvalue weighted by Crippen LogP contribution is -2.52. The van der Waals surface area contributed by atoms with Gasteiger partial charge in [-0.3, -0.25) is 0 Å². The quantitative estimate of drug-likeness (QED) is 0.794. The summed E-state index contributed by atoms with van der Waals surface area (Å²) in [5.74, 6) is 1.91. The van der Waals surface area contributed by atoms with Gasteiger partial charge in [-0.05, 0) is 74.2 Å². The highest BCUT2D eigenvalue weighted by Gasteiger charge is 2.47. The van der Waals surface area contributed by atoms with Crippen molar-refractivity contribution in [3.05, 3.63) is 65.2 Å². The van der Waals surface area contributed by atoms with Crippen molar-refractivity contribution in [2.24, 2.45) is 11.8 Å². The highest BCUT2D eigenvalue weighted by Crippen LogP contribution is 2.51. The molecule has 1 saturated carbocycles. The molecule has 4 rings (SSSR count). The van der Waals surface area contributed by atoms with Crippen molar-refractivity contribution in [1.29, 1.82) is 0 Å². The molecule has 1 aliphatic carbocycles. The number of aromatic hydroxyl groups is 1. The van der Waals surface area contributed by atoms with E-state index in [9.17, 15) is 5.11 Å². The summed E-state index contributed by atoms with van der Waals surface area (Å²) < 4.78 is 0. The molecule has 27 heavy (non-hydrogen) atoms. The van der Waals surface area contributed by atoms with Crippen LogP contribution in [-0.2, 0) is 11.8 Å². The Morgan fingerprint density at radius 3 is 2.70 bits per heavy atom. The molecule has 1 unspecified atom stereocenters. The molecule has 2 aliphatic rings. The normalized spacial score (nSPS) is 28.7. The smallest absolute Gasteiger partial charge is 0.115 e. The number of aryl methyl sites for hydroxylation is 1. The third-order valence-electron chi connectivity index (χ3n) is 7.11. The van der Waals surface area contributed by atoms with E-state index in [1.807, 2.05) is 12.1 Å². The lowest BCUT2D eigenvalue weighted by molar-refractivity contribution is 0.0390. The molecule has 2 fully saturated rings. The van der Waals surface area contributed by atoms with Crippen LogP contribution in [0.15, 0.2) is 48.5 Å². The number of fused-ring (bicyclic) bond motifs is 1. The van der Waals surface area contributed by atoms with Crippen LogP contribution in [0.25, 0.3) is 0 Å². The van der Waals surface area contributed by atoms with Crippen LogP contribution in [0.4, 0.5) is 0 Å². The number of hydrogen-bond donors (Lipinski definition) is 1. The molecule has 0 bridgehead atoms. The van der Waals surface area contributed by atoms with Crippen LogP contribution in [0, 0.1) is 18.8 Å². The second-order valence-electron chi connectivity index (χ2n) is 9.08. The Balaban J connectivity index is 1.48. The van der Waals surface area contributed by atoms with Gasteiger partial charge < -0.3 is 10.0 Å². The molecule has 1 N–H and O–H groups in total. The van der Waals surface area contributed by atoms with Crippen LogP contribution in [0.3, 0.4) is 0 Å². The second kappa shape index (κ2) is 7.67. The summed E-state index contributed by atoms with van der Waals surface area (Å²) in [6.45, 7) is 8.09. The zero-order valence-electron chi connectivity index (χ0n) is 16.8. The van der Waals surface area contributed by atoms with E-state index in [4.69, 9.17) is 0 Å². The van der Waals surface area contributed by atoms with Gasteiger partial charge in [0.05, 0.1) is 0 Å². The molecule has 2 nitrogen and oxygen atoms in total. The van der Waals surface area contributed by atoms with E-state index in [2.05, 4.69) is 49.1 Å². The fourth-order valence-corrected chi connectivity index (χ4v) is 5.54. The van der Waals surface area contributed by atoms with Crippen LogP contribution < -0.4 is 0 Å². The molecule has 1 saturated heterocycles. The molecule has 2 aromatic rings. The van der Waals surface area contributed by atoms with Crippen molar-refractivity contribution < 1.29 is 5.11 Å². The predicted molar refractivity (Wildman–Crippen MR) is 112 cm³/mol. The minimum absolute atomic E-state index is 0.261. The number of rotatable bonds is 4. The Morgan fingerprint density at radius 2 is 1.93 bits per heavy atom. The molecule has 0 aromatic heterocycles. The van der Waals surface area contributed by atoms with Crippen LogP contribution in [-0.4, -0.2) is 29.6 Å². The van der Waals surface area contributed by atoms with E-state index >= 15 is 0 Å². The first-order valence-electron chi connectivity index (χ1n) is 10.6. The van der Waals surface area contributed by atoms with Crippen molar-refractivity contribution in [3.63, 3.8) is 0 Å². The number of phenolic OH excluding ortho intramolecular Hbond substituents is 1. The summed E-state index contributed by atoms with van der Waals surface area (Å²) in [5.41, 5.74) is 4.42. The molecule has 0 spiro atoms. The highest BCUT2D eigenvalue weighted by molar-refractivity contribution is 5.35. The van der Waals surface area contributed by atoms with Gasteiger partial charge in [-0.1, -0.05) is 55.3 Å². The molecular weight excluding hydrogens is 330 g/mol. The average molecular weight is 364 g/mol. The largest absolute Gasteiger partial charge is 0.508 e. The van der Waals surface area contributed by atoms with Crippen molar-refractivity contribution in [2.75, 3.05) is 19.6 Å². The maximum atomic E-state index is 10.1. The second-order valence-corrected chi connectivity index (χ2v) is 9.08. The van der Waals surface area contributed by atoms with Gasteiger partial charge >= 0.3 is 0 Å². The molecule has 144 valence electrons. The van der Waals surface area contributed by atoms with Gasteiger partial charge in [0.1, 0.15) is 5.75 Å². The third kappa shape index (κ3) is 3.91. The number of nitrogens with zero attached hydrogens (tertiary/aromatic N) is 1. The van der Waals surface area contributed by atoms with Gasteiger partial charge in [-0.2, -0.15) is 0 Å². The molecule has 2 heteroatoms. The number of hydrogen-bond acceptors (Lipinski definition) is 2. The van der Waals surface area contributed by atoms with Crippen molar-refractivity contribution in [1.82, 2.24) is 4.90 Å². The number of piperidine rings is 1. The molecule has 1 aliphatic heterocycles. The summed E-state index contributed by atoms with van der Waals surface area (Å²) in [7, 11) is 0. The van der Waals surface area contributed by atoms with Crippen LogP contribution in [0.1, 0.15) is 49.3 Å². The van der Waals surface area contributed by atoms with Crippen LogP contribution in [0.2, 0.25) is 0 Å². The van der Waals surface area contributed by atoms with Gasteiger partial charge in [0.2, 0.25) is 0 Å². The Hall–Kier alpha value is -1.80. The molecule has 1 heterocycles. The minimum Gasteiger partial charge on any atom is -0.508 e. The average Bonchev–Trinajstić information content (AvgIpc) is 2.67. The van der Waals surface area contributed by atoms with Crippen LogP contribution in [0.5, 0.6) is 5.75 Å². The monoisotopic (exact) mass is 363 g/mol. The number of phenols is 1. The maximum absolute atomic E-state index is 10.1. The molecule has 2 aromatic carbocycles. The molecule has 0 radical (unpaired) electrons. The first-order valence-corrected chi connectivity index (χ1v) is 10.6. The van der Waals surface area contributed by atoms with Crippen molar-refractivity contribution in [3.8, 4) is 5.75 Å². The Labute approximate surface area is 164 Å². The SMILES string of the molecule is Cc1ccc(CCN2CCC3(c4cccc(O)c4)C[C@@H](C)CC[C@H]3C2)cc1. The van der Waals surface area contributed by atoms with E-state index in [1.165, 1.54) is 55.5 Å².